The molecule has 2 heterocycles. The molecule has 1 aromatic carbocycles. The second kappa shape index (κ2) is 7.29. The van der Waals surface area contributed by atoms with Gasteiger partial charge in [0.05, 0.1) is 7.11 Å². The van der Waals surface area contributed by atoms with E-state index in [0.717, 1.165) is 16.5 Å². The first-order valence-electron chi connectivity index (χ1n) is 8.74. The zero-order chi connectivity index (χ0) is 19.0. The second-order valence-electron chi connectivity index (χ2n) is 7.05. The Kier molecular flexibility index (Phi) is 5.25. The smallest absolute Gasteiger partial charge is 0.323 e. The van der Waals surface area contributed by atoms with E-state index in [9.17, 15) is 9.59 Å². The Bertz CT molecular complexity index is 846. The van der Waals surface area contributed by atoms with Crippen molar-refractivity contribution >= 4 is 34.4 Å². The van der Waals surface area contributed by atoms with E-state index < -0.39 is 0 Å². The van der Waals surface area contributed by atoms with Crippen molar-refractivity contribution in [2.45, 2.75) is 45.3 Å². The largest absolute Gasteiger partial charge is 0.468 e. The van der Waals surface area contributed by atoms with Gasteiger partial charge in [-0.3, -0.25) is 14.5 Å². The minimum Gasteiger partial charge on any atom is -0.468 e. The molecule has 140 valence electrons. The van der Waals surface area contributed by atoms with Gasteiger partial charge in [0.25, 0.3) is 5.91 Å². The van der Waals surface area contributed by atoms with Crippen LogP contribution in [0.2, 0.25) is 5.02 Å². The van der Waals surface area contributed by atoms with E-state index in [-0.39, 0.29) is 30.0 Å². The molecule has 1 amide bonds. The summed E-state index contributed by atoms with van der Waals surface area (Å²) < 4.78 is 4.91. The highest BCUT2D eigenvalue weighted by atomic mass is 35.5. The van der Waals surface area contributed by atoms with E-state index in [4.69, 9.17) is 16.3 Å². The average Bonchev–Trinajstić information content (AvgIpc) is 3.16. The van der Waals surface area contributed by atoms with Gasteiger partial charge in [0.1, 0.15) is 11.7 Å². The predicted molar refractivity (Wildman–Crippen MR) is 102 cm³/mol. The number of aryl methyl sites for hydroxylation is 1. The van der Waals surface area contributed by atoms with Crippen molar-refractivity contribution in [2.75, 3.05) is 13.7 Å². The topological polar surface area (TPSA) is 74.4 Å². The number of carbonyl (C=O) groups excluding carboxylic acids is 2. The molecule has 1 aliphatic heterocycles. The standard InChI is InChI=1S/C19H24ClN3O3/c1-10(2)23-9-13(8-16(23)19(25)26-4)21-18(24)17-11(3)14-7-12(20)5-6-15(14)22-17/h5-7,10,13,16,22H,8-9H2,1-4H3,(H,21,24)/t13-,16-/m0/s1. The molecular weight excluding hydrogens is 354 g/mol. The highest BCUT2D eigenvalue weighted by Crippen LogP contribution is 2.26. The lowest BCUT2D eigenvalue weighted by molar-refractivity contribution is -0.146. The summed E-state index contributed by atoms with van der Waals surface area (Å²) >= 11 is 6.06. The molecule has 0 spiro atoms. The molecule has 6 nitrogen and oxygen atoms in total. The molecule has 7 heteroatoms. The highest BCUT2D eigenvalue weighted by molar-refractivity contribution is 6.31. The fourth-order valence-electron chi connectivity index (χ4n) is 3.69. The molecule has 0 bridgehead atoms. The lowest BCUT2D eigenvalue weighted by Crippen LogP contribution is -2.42. The number of esters is 1. The summed E-state index contributed by atoms with van der Waals surface area (Å²) in [6.07, 6.45) is 0.543. The number of rotatable bonds is 4. The highest BCUT2D eigenvalue weighted by Gasteiger charge is 2.39. The first-order chi connectivity index (χ1) is 12.3. The molecule has 1 saturated heterocycles. The van der Waals surface area contributed by atoms with E-state index in [1.807, 2.05) is 32.9 Å². The summed E-state index contributed by atoms with van der Waals surface area (Å²) in [5.74, 6) is -0.430. The Morgan fingerprint density at radius 2 is 2.12 bits per heavy atom. The quantitative estimate of drug-likeness (QED) is 0.803. The summed E-state index contributed by atoms with van der Waals surface area (Å²) in [7, 11) is 1.39. The van der Waals surface area contributed by atoms with Crippen LogP contribution in [-0.2, 0) is 9.53 Å². The van der Waals surface area contributed by atoms with Crippen LogP contribution >= 0.6 is 11.6 Å². The van der Waals surface area contributed by atoms with Crippen LogP contribution in [0.1, 0.15) is 36.3 Å². The molecule has 3 rings (SSSR count). The van der Waals surface area contributed by atoms with Gasteiger partial charge in [-0.1, -0.05) is 11.6 Å². The maximum Gasteiger partial charge on any atom is 0.323 e. The van der Waals surface area contributed by atoms with Crippen LogP contribution in [-0.4, -0.2) is 53.5 Å². The fraction of sp³-hybridized carbons (Fsp3) is 0.474. The van der Waals surface area contributed by atoms with Crippen molar-refractivity contribution < 1.29 is 14.3 Å². The van der Waals surface area contributed by atoms with Crippen molar-refractivity contribution in [3.05, 3.63) is 34.5 Å². The van der Waals surface area contributed by atoms with Crippen molar-refractivity contribution in [1.82, 2.24) is 15.2 Å². The number of aromatic amines is 1. The van der Waals surface area contributed by atoms with Crippen LogP contribution in [0.4, 0.5) is 0 Å². The molecule has 26 heavy (non-hydrogen) atoms. The Morgan fingerprint density at radius 3 is 2.77 bits per heavy atom. The fourth-order valence-corrected chi connectivity index (χ4v) is 3.86. The number of H-pyrrole nitrogens is 1. The number of fused-ring (bicyclic) bond motifs is 1. The van der Waals surface area contributed by atoms with Gasteiger partial charge >= 0.3 is 5.97 Å². The monoisotopic (exact) mass is 377 g/mol. The SMILES string of the molecule is COC(=O)[C@@H]1C[C@H](NC(=O)c2[nH]c3ccc(Cl)cc3c2C)CN1C(C)C. The molecule has 1 aromatic heterocycles. The zero-order valence-electron chi connectivity index (χ0n) is 15.4. The lowest BCUT2D eigenvalue weighted by atomic mass is 10.1. The number of aromatic nitrogens is 1. The number of methoxy groups -OCH3 is 1. The minimum absolute atomic E-state index is 0.108. The molecular formula is C19H24ClN3O3. The Labute approximate surface area is 157 Å². The summed E-state index contributed by atoms with van der Waals surface area (Å²) in [5, 5.41) is 4.62. The average molecular weight is 378 g/mol. The van der Waals surface area contributed by atoms with E-state index in [0.29, 0.717) is 23.7 Å². The Hall–Kier alpha value is -2.05. The number of nitrogens with zero attached hydrogens (tertiary/aromatic N) is 1. The number of nitrogens with one attached hydrogen (secondary N) is 2. The molecule has 2 N–H and O–H groups in total. The van der Waals surface area contributed by atoms with Gasteiger partial charge in [-0.15, -0.1) is 0 Å². The van der Waals surface area contributed by atoms with Gasteiger partial charge in [0.15, 0.2) is 0 Å². The maximum absolute atomic E-state index is 12.8. The van der Waals surface area contributed by atoms with Gasteiger partial charge in [0, 0.05) is 34.6 Å². The number of hydrogen-bond donors (Lipinski definition) is 2. The third kappa shape index (κ3) is 3.44. The Balaban J connectivity index is 1.78. The molecule has 0 radical (unpaired) electrons. The van der Waals surface area contributed by atoms with Gasteiger partial charge in [-0.05, 0) is 51.0 Å². The summed E-state index contributed by atoms with van der Waals surface area (Å²) in [6, 6.07) is 5.27. The summed E-state index contributed by atoms with van der Waals surface area (Å²) in [6.45, 7) is 6.59. The van der Waals surface area contributed by atoms with Crippen LogP contribution in [0.3, 0.4) is 0 Å². The van der Waals surface area contributed by atoms with E-state index in [1.54, 1.807) is 6.07 Å². The third-order valence-electron chi connectivity index (χ3n) is 5.06. The normalized spacial score (nSPS) is 20.7. The van der Waals surface area contributed by atoms with Crippen LogP contribution in [0.25, 0.3) is 10.9 Å². The molecule has 1 aliphatic rings. The van der Waals surface area contributed by atoms with Crippen molar-refractivity contribution in [3.63, 3.8) is 0 Å². The van der Waals surface area contributed by atoms with Crippen LogP contribution in [0.15, 0.2) is 18.2 Å². The van der Waals surface area contributed by atoms with Gasteiger partial charge in [-0.25, -0.2) is 0 Å². The van der Waals surface area contributed by atoms with E-state index in [1.165, 1.54) is 7.11 Å². The number of benzene rings is 1. The first-order valence-corrected chi connectivity index (χ1v) is 9.12. The number of hydrogen-bond acceptors (Lipinski definition) is 4. The predicted octanol–water partition coefficient (Wildman–Crippen LogP) is 2.88. The maximum atomic E-state index is 12.8. The molecule has 2 aromatic rings. The van der Waals surface area contributed by atoms with Crippen molar-refractivity contribution in [1.29, 1.82) is 0 Å². The number of likely N-dealkylation sites (tertiary alicyclic amines) is 1. The van der Waals surface area contributed by atoms with Crippen molar-refractivity contribution in [3.8, 4) is 0 Å². The van der Waals surface area contributed by atoms with Gasteiger partial charge in [-0.2, -0.15) is 0 Å². The van der Waals surface area contributed by atoms with E-state index in [2.05, 4.69) is 15.2 Å². The van der Waals surface area contributed by atoms with Crippen LogP contribution in [0, 0.1) is 6.92 Å². The summed E-state index contributed by atoms with van der Waals surface area (Å²) in [4.78, 5) is 30.1. The molecule has 0 saturated carbocycles. The molecule has 2 atom stereocenters. The molecule has 1 fully saturated rings. The second-order valence-corrected chi connectivity index (χ2v) is 7.49. The number of halogens is 1. The number of ether oxygens (including phenoxy) is 1. The molecule has 0 unspecified atom stereocenters. The first kappa shape index (κ1) is 18.7. The third-order valence-corrected chi connectivity index (χ3v) is 5.29. The summed E-state index contributed by atoms with van der Waals surface area (Å²) in [5.41, 5.74) is 2.27. The zero-order valence-corrected chi connectivity index (χ0v) is 16.2. The molecule has 0 aliphatic carbocycles. The van der Waals surface area contributed by atoms with Gasteiger partial charge in [0.2, 0.25) is 0 Å². The Morgan fingerprint density at radius 1 is 1.38 bits per heavy atom. The lowest BCUT2D eigenvalue weighted by Gasteiger charge is -2.25. The van der Waals surface area contributed by atoms with Crippen LogP contribution < -0.4 is 5.32 Å². The number of amides is 1. The van der Waals surface area contributed by atoms with E-state index >= 15 is 0 Å². The minimum atomic E-state index is -0.326. The van der Waals surface area contributed by atoms with Crippen LogP contribution in [0.5, 0.6) is 0 Å². The number of carbonyl (C=O) groups is 2. The van der Waals surface area contributed by atoms with Crippen molar-refractivity contribution in [2.24, 2.45) is 0 Å². The van der Waals surface area contributed by atoms with Gasteiger partial charge < -0.3 is 15.0 Å².